The number of ether oxygens (including phenoxy) is 1. The topological polar surface area (TPSA) is 92.8 Å². The molecular weight excluding hydrogens is 302 g/mol. The average Bonchev–Trinajstić information content (AvgIpc) is 2.31. The van der Waals surface area contributed by atoms with Crippen molar-refractivity contribution in [2.75, 3.05) is 12.3 Å². The largest absolute Gasteiger partial charge is 0.466 e. The number of hydrogen-bond donors (Lipinski definition) is 3. The molecule has 2 unspecified atom stereocenters. The van der Waals surface area contributed by atoms with Crippen LogP contribution in [0.15, 0.2) is 22.7 Å². The number of rotatable bonds is 5. The number of anilines is 1. The summed E-state index contributed by atoms with van der Waals surface area (Å²) in [6, 6.07) is 4.94. The molecule has 0 aliphatic carbocycles. The quantitative estimate of drug-likeness (QED) is 0.563. The minimum absolute atomic E-state index is 0.237. The molecule has 5 nitrogen and oxygen atoms in total. The Morgan fingerprint density at radius 3 is 2.78 bits per heavy atom. The molecule has 1 aromatic carbocycles. The normalized spacial score (nSPS) is 14.0. The van der Waals surface area contributed by atoms with Gasteiger partial charge in [-0.15, -0.1) is 0 Å². The Kier molecular flexibility index (Phi) is 5.58. The summed E-state index contributed by atoms with van der Waals surface area (Å²) in [7, 11) is 0. The number of nitrogens with two attached hydrogens (primary N) is 1. The molecule has 0 radical (unpaired) electrons. The number of carbonyl (C=O) groups excluding carboxylic acids is 1. The van der Waals surface area contributed by atoms with Gasteiger partial charge in [-0.05, 0) is 25.1 Å². The Hall–Kier alpha value is -1.11. The van der Waals surface area contributed by atoms with Crippen molar-refractivity contribution in [3.05, 3.63) is 28.2 Å². The van der Waals surface area contributed by atoms with Gasteiger partial charge in [0.2, 0.25) is 0 Å². The molecule has 18 heavy (non-hydrogen) atoms. The van der Waals surface area contributed by atoms with E-state index in [1.807, 2.05) is 0 Å². The lowest BCUT2D eigenvalue weighted by molar-refractivity contribution is -0.147. The number of hydrogen-bond acceptors (Lipinski definition) is 5. The molecule has 0 bridgehead atoms. The first-order valence-electron chi connectivity index (χ1n) is 5.52. The maximum atomic E-state index is 11.2. The smallest absolute Gasteiger partial charge is 0.308 e. The van der Waals surface area contributed by atoms with Crippen molar-refractivity contribution in [2.24, 2.45) is 0 Å². The highest BCUT2D eigenvalue weighted by Gasteiger charge is 2.23. The number of aliphatic hydroxyl groups is 2. The third-order valence-electron chi connectivity index (χ3n) is 2.41. The van der Waals surface area contributed by atoms with Crippen molar-refractivity contribution >= 4 is 27.6 Å². The Morgan fingerprint density at radius 1 is 1.50 bits per heavy atom. The van der Waals surface area contributed by atoms with Gasteiger partial charge in [-0.1, -0.05) is 15.9 Å². The van der Waals surface area contributed by atoms with Crippen LogP contribution in [0, 0.1) is 0 Å². The fourth-order valence-electron chi connectivity index (χ4n) is 1.51. The summed E-state index contributed by atoms with van der Waals surface area (Å²) in [5, 5.41) is 19.7. The summed E-state index contributed by atoms with van der Waals surface area (Å²) in [5.74, 6) is -0.558. The molecular formula is C12H16BrNO4. The van der Waals surface area contributed by atoms with Gasteiger partial charge < -0.3 is 20.7 Å². The van der Waals surface area contributed by atoms with Crippen molar-refractivity contribution in [3.8, 4) is 0 Å². The summed E-state index contributed by atoms with van der Waals surface area (Å²) < 4.78 is 5.43. The van der Waals surface area contributed by atoms with E-state index >= 15 is 0 Å². The van der Waals surface area contributed by atoms with Crippen LogP contribution in [-0.2, 0) is 9.53 Å². The van der Waals surface area contributed by atoms with E-state index in [-0.39, 0.29) is 13.0 Å². The predicted molar refractivity (Wildman–Crippen MR) is 70.8 cm³/mol. The first-order chi connectivity index (χ1) is 8.45. The Morgan fingerprint density at radius 2 is 2.17 bits per heavy atom. The molecule has 0 aliphatic heterocycles. The molecule has 0 aliphatic rings. The molecule has 2 atom stereocenters. The lowest BCUT2D eigenvalue weighted by Gasteiger charge is -2.19. The molecule has 4 N–H and O–H groups in total. The van der Waals surface area contributed by atoms with Gasteiger partial charge in [0, 0.05) is 15.7 Å². The van der Waals surface area contributed by atoms with Crippen LogP contribution in [0.3, 0.4) is 0 Å². The lowest BCUT2D eigenvalue weighted by atomic mass is 10.0. The molecule has 0 saturated heterocycles. The lowest BCUT2D eigenvalue weighted by Crippen LogP contribution is -2.23. The summed E-state index contributed by atoms with van der Waals surface area (Å²) in [5.41, 5.74) is 6.44. The SMILES string of the molecule is CCOC(=O)CC(O)C(O)c1cc(Br)ccc1N. The van der Waals surface area contributed by atoms with E-state index in [0.717, 1.165) is 4.47 Å². The van der Waals surface area contributed by atoms with Gasteiger partial charge in [-0.25, -0.2) is 0 Å². The van der Waals surface area contributed by atoms with E-state index in [1.54, 1.807) is 25.1 Å². The number of aliphatic hydroxyl groups excluding tert-OH is 2. The molecule has 1 aromatic rings. The summed E-state index contributed by atoms with van der Waals surface area (Å²) in [6.07, 6.45) is -2.76. The molecule has 0 saturated carbocycles. The van der Waals surface area contributed by atoms with Crippen LogP contribution in [0.1, 0.15) is 25.0 Å². The maximum absolute atomic E-state index is 11.2. The molecule has 0 aromatic heterocycles. The highest BCUT2D eigenvalue weighted by molar-refractivity contribution is 9.10. The van der Waals surface area contributed by atoms with Gasteiger partial charge in [0.05, 0.1) is 19.1 Å². The van der Waals surface area contributed by atoms with Crippen molar-refractivity contribution in [3.63, 3.8) is 0 Å². The summed E-state index contributed by atoms with van der Waals surface area (Å²) in [4.78, 5) is 11.2. The van der Waals surface area contributed by atoms with Gasteiger partial charge in [0.1, 0.15) is 6.10 Å². The van der Waals surface area contributed by atoms with E-state index in [4.69, 9.17) is 10.5 Å². The van der Waals surface area contributed by atoms with Crippen LogP contribution < -0.4 is 5.73 Å². The van der Waals surface area contributed by atoms with Crippen molar-refractivity contribution in [2.45, 2.75) is 25.6 Å². The second-order valence-corrected chi connectivity index (χ2v) is 4.71. The fraction of sp³-hybridized carbons (Fsp3) is 0.417. The van der Waals surface area contributed by atoms with Gasteiger partial charge in [0.15, 0.2) is 0 Å². The van der Waals surface area contributed by atoms with Crippen molar-refractivity contribution in [1.82, 2.24) is 0 Å². The van der Waals surface area contributed by atoms with Gasteiger partial charge in [0.25, 0.3) is 0 Å². The second kappa shape index (κ2) is 6.72. The molecule has 0 heterocycles. The summed E-state index contributed by atoms with van der Waals surface area (Å²) >= 11 is 3.25. The molecule has 100 valence electrons. The number of benzene rings is 1. The van der Waals surface area contributed by atoms with Crippen LogP contribution in [0.25, 0.3) is 0 Å². The van der Waals surface area contributed by atoms with Crippen LogP contribution in [0.2, 0.25) is 0 Å². The molecule has 6 heteroatoms. The Balaban J connectivity index is 2.76. The minimum Gasteiger partial charge on any atom is -0.466 e. The van der Waals surface area contributed by atoms with Crippen LogP contribution in [-0.4, -0.2) is 28.9 Å². The van der Waals surface area contributed by atoms with E-state index in [0.29, 0.717) is 11.3 Å². The van der Waals surface area contributed by atoms with E-state index < -0.39 is 18.2 Å². The zero-order valence-electron chi connectivity index (χ0n) is 9.97. The zero-order chi connectivity index (χ0) is 13.7. The number of nitrogen functional groups attached to an aromatic ring is 1. The highest BCUT2D eigenvalue weighted by atomic mass is 79.9. The average molecular weight is 318 g/mol. The van der Waals surface area contributed by atoms with Crippen LogP contribution in [0.5, 0.6) is 0 Å². The first-order valence-corrected chi connectivity index (χ1v) is 6.31. The third-order valence-corrected chi connectivity index (χ3v) is 2.91. The monoisotopic (exact) mass is 317 g/mol. The highest BCUT2D eigenvalue weighted by Crippen LogP contribution is 2.27. The van der Waals surface area contributed by atoms with Gasteiger partial charge in [-0.3, -0.25) is 4.79 Å². The fourth-order valence-corrected chi connectivity index (χ4v) is 1.89. The Bertz CT molecular complexity index is 425. The second-order valence-electron chi connectivity index (χ2n) is 3.79. The molecule has 0 amide bonds. The standard InChI is InChI=1S/C12H16BrNO4/c1-2-18-11(16)6-10(15)12(17)8-5-7(13)3-4-9(8)14/h3-5,10,12,15,17H,2,6,14H2,1H3. The van der Waals surface area contributed by atoms with Crippen molar-refractivity contribution in [1.29, 1.82) is 0 Å². The van der Waals surface area contributed by atoms with Crippen molar-refractivity contribution < 1.29 is 19.7 Å². The van der Waals surface area contributed by atoms with E-state index in [2.05, 4.69) is 15.9 Å². The predicted octanol–water partition coefficient (Wildman–Crippen LogP) is 1.38. The molecule has 0 spiro atoms. The van der Waals surface area contributed by atoms with Crippen LogP contribution in [0.4, 0.5) is 5.69 Å². The van der Waals surface area contributed by atoms with E-state index in [9.17, 15) is 15.0 Å². The number of esters is 1. The van der Waals surface area contributed by atoms with Gasteiger partial charge >= 0.3 is 5.97 Å². The minimum atomic E-state index is -1.25. The Labute approximate surface area is 114 Å². The number of halogens is 1. The zero-order valence-corrected chi connectivity index (χ0v) is 11.6. The van der Waals surface area contributed by atoms with Gasteiger partial charge in [-0.2, -0.15) is 0 Å². The van der Waals surface area contributed by atoms with E-state index in [1.165, 1.54) is 0 Å². The molecule has 1 rings (SSSR count). The third kappa shape index (κ3) is 3.97. The number of carbonyl (C=O) groups is 1. The molecule has 0 fully saturated rings. The maximum Gasteiger partial charge on any atom is 0.308 e. The first kappa shape index (κ1) is 14.9. The summed E-state index contributed by atoms with van der Waals surface area (Å²) in [6.45, 7) is 1.91. The van der Waals surface area contributed by atoms with Crippen LogP contribution >= 0.6 is 15.9 Å².